The highest BCUT2D eigenvalue weighted by Crippen LogP contribution is 2.28. The highest BCUT2D eigenvalue weighted by molar-refractivity contribution is 7.90. The first kappa shape index (κ1) is 12.4. The van der Waals surface area contributed by atoms with Crippen LogP contribution in [0.25, 0.3) is 0 Å². The third kappa shape index (κ3) is 2.92. The molecule has 0 aliphatic heterocycles. The van der Waals surface area contributed by atoms with Crippen molar-refractivity contribution in [2.45, 2.75) is 30.9 Å². The second-order valence-electron chi connectivity index (χ2n) is 3.75. The molecule has 1 rings (SSSR count). The molecule has 0 amide bonds. The molecule has 1 aliphatic rings. The normalized spacial score (nSPS) is 27.3. The van der Waals surface area contributed by atoms with Gasteiger partial charge in [0.25, 0.3) is 0 Å². The van der Waals surface area contributed by atoms with Crippen LogP contribution >= 0.6 is 0 Å². The quantitative estimate of drug-likeness (QED) is 0.713. The van der Waals surface area contributed by atoms with E-state index in [1.54, 1.807) is 0 Å². The molecule has 0 bridgehead atoms. The largest absolute Gasteiger partial charge is 0.469 e. The Kier molecular flexibility index (Phi) is 4.10. The van der Waals surface area contributed by atoms with Gasteiger partial charge >= 0.3 is 5.97 Å². The van der Waals surface area contributed by atoms with Crippen LogP contribution < -0.4 is 4.72 Å². The second-order valence-corrected chi connectivity index (χ2v) is 5.91. The van der Waals surface area contributed by atoms with Gasteiger partial charge in [0.2, 0.25) is 10.0 Å². The molecule has 0 heterocycles. The van der Waals surface area contributed by atoms with Crippen LogP contribution in [0.2, 0.25) is 0 Å². The molecule has 1 N–H and O–H groups in total. The third-order valence-electron chi connectivity index (χ3n) is 2.93. The molecule has 0 aromatic carbocycles. The summed E-state index contributed by atoms with van der Waals surface area (Å²) < 4.78 is 29.9. The van der Waals surface area contributed by atoms with Gasteiger partial charge in [0.15, 0.2) is 0 Å². The van der Waals surface area contributed by atoms with Crippen molar-refractivity contribution in [2.24, 2.45) is 5.92 Å². The number of carbonyl (C=O) groups is 1. The SMILES string of the molecule is CNS(=O)(=O)C1CCC(C(=O)OC)CC1. The lowest BCUT2D eigenvalue weighted by molar-refractivity contribution is -0.146. The van der Waals surface area contributed by atoms with E-state index < -0.39 is 10.0 Å². The van der Waals surface area contributed by atoms with Crippen LogP contribution in [-0.4, -0.2) is 33.8 Å². The minimum absolute atomic E-state index is 0.127. The Morgan fingerprint density at radius 2 is 1.80 bits per heavy atom. The van der Waals surface area contributed by atoms with Crippen LogP contribution in [0.3, 0.4) is 0 Å². The van der Waals surface area contributed by atoms with E-state index in [9.17, 15) is 13.2 Å². The van der Waals surface area contributed by atoms with Crippen LogP contribution in [0, 0.1) is 5.92 Å². The molecule has 15 heavy (non-hydrogen) atoms. The fraction of sp³-hybridized carbons (Fsp3) is 0.889. The van der Waals surface area contributed by atoms with Gasteiger partial charge in [0, 0.05) is 0 Å². The van der Waals surface area contributed by atoms with E-state index in [0.29, 0.717) is 25.7 Å². The number of hydrogen-bond donors (Lipinski definition) is 1. The Morgan fingerprint density at radius 3 is 2.20 bits per heavy atom. The van der Waals surface area contributed by atoms with Gasteiger partial charge in [-0.3, -0.25) is 4.79 Å². The smallest absolute Gasteiger partial charge is 0.308 e. The summed E-state index contributed by atoms with van der Waals surface area (Å²) in [5.74, 6) is -0.353. The summed E-state index contributed by atoms with van der Waals surface area (Å²) in [5.41, 5.74) is 0. The number of carbonyl (C=O) groups excluding carboxylic acids is 1. The first-order valence-corrected chi connectivity index (χ1v) is 6.56. The molecule has 6 heteroatoms. The summed E-state index contributed by atoms with van der Waals surface area (Å²) in [4.78, 5) is 11.2. The summed E-state index contributed by atoms with van der Waals surface area (Å²) in [6.07, 6.45) is 2.25. The molecule has 5 nitrogen and oxygen atoms in total. The van der Waals surface area contributed by atoms with Gasteiger partial charge in [0.05, 0.1) is 18.3 Å². The maximum Gasteiger partial charge on any atom is 0.308 e. The first-order valence-electron chi connectivity index (χ1n) is 5.01. The molecule has 0 radical (unpaired) electrons. The summed E-state index contributed by atoms with van der Waals surface area (Å²) in [6, 6.07) is 0. The van der Waals surface area contributed by atoms with E-state index >= 15 is 0 Å². The van der Waals surface area contributed by atoms with E-state index in [4.69, 9.17) is 0 Å². The van der Waals surface area contributed by atoms with Crippen molar-refractivity contribution in [2.75, 3.05) is 14.2 Å². The van der Waals surface area contributed by atoms with Gasteiger partial charge in [-0.05, 0) is 32.7 Å². The highest BCUT2D eigenvalue weighted by atomic mass is 32.2. The number of ether oxygens (including phenoxy) is 1. The second kappa shape index (κ2) is 4.94. The molecule has 0 atom stereocenters. The number of sulfonamides is 1. The molecule has 0 saturated heterocycles. The van der Waals surface area contributed by atoms with Crippen molar-refractivity contribution in [1.82, 2.24) is 4.72 Å². The minimum Gasteiger partial charge on any atom is -0.469 e. The van der Waals surface area contributed by atoms with Gasteiger partial charge in [-0.1, -0.05) is 0 Å². The number of nitrogens with one attached hydrogen (secondary N) is 1. The van der Waals surface area contributed by atoms with Gasteiger partial charge in [-0.15, -0.1) is 0 Å². The van der Waals surface area contributed by atoms with Gasteiger partial charge in [-0.2, -0.15) is 0 Å². The molecule has 0 unspecified atom stereocenters. The summed E-state index contributed by atoms with van der Waals surface area (Å²) >= 11 is 0. The Hall–Kier alpha value is -0.620. The summed E-state index contributed by atoms with van der Waals surface area (Å²) in [6.45, 7) is 0. The zero-order chi connectivity index (χ0) is 11.5. The molecule has 0 aromatic rings. The van der Waals surface area contributed by atoms with Crippen molar-refractivity contribution in [1.29, 1.82) is 0 Å². The molecular formula is C9H17NO4S. The van der Waals surface area contributed by atoms with E-state index in [0.717, 1.165) is 0 Å². The molecular weight excluding hydrogens is 218 g/mol. The maximum absolute atomic E-state index is 11.5. The topological polar surface area (TPSA) is 72.5 Å². The highest BCUT2D eigenvalue weighted by Gasteiger charge is 2.32. The predicted octanol–water partition coefficient (Wildman–Crippen LogP) is 0.267. The molecule has 0 spiro atoms. The Balaban J connectivity index is 2.53. The first-order chi connectivity index (χ1) is 7.01. The standard InChI is InChI=1S/C9H17NO4S/c1-10-15(12,13)8-5-3-7(4-6-8)9(11)14-2/h7-8,10H,3-6H2,1-2H3. The fourth-order valence-electron chi connectivity index (χ4n) is 1.94. The van der Waals surface area contributed by atoms with Crippen LogP contribution in [0.5, 0.6) is 0 Å². The number of hydrogen-bond acceptors (Lipinski definition) is 4. The van der Waals surface area contributed by atoms with Crippen molar-refractivity contribution in [3.8, 4) is 0 Å². The Bertz CT molecular complexity index is 317. The summed E-state index contributed by atoms with van der Waals surface area (Å²) in [5, 5.41) is -0.358. The van der Waals surface area contributed by atoms with Crippen LogP contribution in [0.15, 0.2) is 0 Å². The van der Waals surface area contributed by atoms with Gasteiger partial charge < -0.3 is 4.74 Å². The van der Waals surface area contributed by atoms with Crippen LogP contribution in [-0.2, 0) is 19.6 Å². The fourth-order valence-corrected chi connectivity index (χ4v) is 3.17. The summed E-state index contributed by atoms with van der Waals surface area (Å²) in [7, 11) is -0.401. The van der Waals surface area contributed by atoms with Crippen molar-refractivity contribution >= 4 is 16.0 Å². The average Bonchev–Trinajstić information content (AvgIpc) is 2.28. The van der Waals surface area contributed by atoms with Crippen molar-refractivity contribution in [3.05, 3.63) is 0 Å². The number of esters is 1. The predicted molar refractivity (Wildman–Crippen MR) is 55.7 cm³/mol. The van der Waals surface area contributed by atoms with Crippen LogP contribution in [0.1, 0.15) is 25.7 Å². The monoisotopic (exact) mass is 235 g/mol. The number of rotatable bonds is 3. The van der Waals surface area contributed by atoms with Crippen molar-refractivity contribution in [3.63, 3.8) is 0 Å². The third-order valence-corrected chi connectivity index (χ3v) is 4.85. The lowest BCUT2D eigenvalue weighted by atomic mass is 9.89. The van der Waals surface area contributed by atoms with E-state index in [1.165, 1.54) is 14.2 Å². The molecule has 0 aromatic heterocycles. The minimum atomic E-state index is -3.18. The molecule has 1 aliphatic carbocycles. The van der Waals surface area contributed by atoms with Gasteiger partial charge in [-0.25, -0.2) is 13.1 Å². The van der Waals surface area contributed by atoms with Crippen LogP contribution in [0.4, 0.5) is 0 Å². The number of methoxy groups -OCH3 is 1. The molecule has 88 valence electrons. The van der Waals surface area contributed by atoms with Gasteiger partial charge in [0.1, 0.15) is 0 Å². The lowest BCUT2D eigenvalue weighted by Gasteiger charge is -2.26. The Morgan fingerprint density at radius 1 is 1.27 bits per heavy atom. The Labute approximate surface area is 90.2 Å². The zero-order valence-corrected chi connectivity index (χ0v) is 9.84. The van der Waals surface area contributed by atoms with E-state index in [-0.39, 0.29) is 17.1 Å². The van der Waals surface area contributed by atoms with E-state index in [1.807, 2.05) is 0 Å². The zero-order valence-electron chi connectivity index (χ0n) is 9.02. The van der Waals surface area contributed by atoms with E-state index in [2.05, 4.69) is 9.46 Å². The average molecular weight is 235 g/mol. The lowest BCUT2D eigenvalue weighted by Crippen LogP contribution is -2.36. The molecule has 1 saturated carbocycles. The molecule has 1 fully saturated rings. The van der Waals surface area contributed by atoms with Crippen molar-refractivity contribution < 1.29 is 17.9 Å². The maximum atomic E-state index is 11.5.